The Kier molecular flexibility index (Phi) is 4.09. The average Bonchev–Trinajstić information content (AvgIpc) is 2.54. The molecular formula is C18H10N2Y-2. The summed E-state index contributed by atoms with van der Waals surface area (Å²) >= 11 is 0. The molecule has 2 aromatic carbocycles. The predicted molar refractivity (Wildman–Crippen MR) is 80.2 cm³/mol. The van der Waals surface area contributed by atoms with E-state index in [0.29, 0.717) is 0 Å². The summed E-state index contributed by atoms with van der Waals surface area (Å²) in [7, 11) is 0. The third-order valence-corrected chi connectivity index (χ3v) is 3.36. The maximum atomic E-state index is 4.38. The van der Waals surface area contributed by atoms with Gasteiger partial charge in [0, 0.05) is 38.9 Å². The van der Waals surface area contributed by atoms with Crippen LogP contribution in [0, 0.1) is 12.3 Å². The Morgan fingerprint density at radius 3 is 2.62 bits per heavy atom. The summed E-state index contributed by atoms with van der Waals surface area (Å²) in [6.07, 6.45) is 4.88. The van der Waals surface area contributed by atoms with E-state index in [9.17, 15) is 0 Å². The summed E-state index contributed by atoms with van der Waals surface area (Å²) in [5.74, 6) is 0. The van der Waals surface area contributed by atoms with Gasteiger partial charge in [-0.2, -0.15) is 18.2 Å². The van der Waals surface area contributed by atoms with Crippen molar-refractivity contribution in [3.63, 3.8) is 0 Å². The first-order chi connectivity index (χ1) is 9.90. The van der Waals surface area contributed by atoms with Crippen molar-refractivity contribution >= 4 is 21.8 Å². The first-order valence-electron chi connectivity index (χ1n) is 6.44. The minimum atomic E-state index is 0. The Hall–Kier alpha value is -1.64. The zero-order valence-corrected chi connectivity index (χ0v) is 14.1. The number of nitrogens with zero attached hydrogens (tertiary/aromatic N) is 2. The largest absolute Gasteiger partial charge is 0.362 e. The minimum absolute atomic E-state index is 0. The van der Waals surface area contributed by atoms with Crippen LogP contribution in [-0.4, -0.2) is 9.97 Å². The summed E-state index contributed by atoms with van der Waals surface area (Å²) in [6.45, 7) is 0. The number of aromatic nitrogens is 2. The van der Waals surface area contributed by atoms with Gasteiger partial charge in [0.05, 0.1) is 0 Å². The molecule has 0 aliphatic heterocycles. The van der Waals surface area contributed by atoms with Crippen molar-refractivity contribution in [2.75, 3.05) is 0 Å². The molecule has 0 saturated heterocycles. The number of para-hydroxylation sites is 1. The first-order valence-corrected chi connectivity index (χ1v) is 6.44. The van der Waals surface area contributed by atoms with Gasteiger partial charge in [0.15, 0.2) is 0 Å². The molecule has 0 spiro atoms. The molecule has 97 valence electrons. The van der Waals surface area contributed by atoms with Gasteiger partial charge in [-0.3, -0.25) is 4.98 Å². The van der Waals surface area contributed by atoms with Crippen molar-refractivity contribution in [1.82, 2.24) is 9.97 Å². The normalized spacial score (nSPS) is 10.5. The van der Waals surface area contributed by atoms with Gasteiger partial charge in [-0.15, -0.1) is 6.07 Å². The van der Waals surface area contributed by atoms with Crippen molar-refractivity contribution in [3.8, 4) is 11.1 Å². The van der Waals surface area contributed by atoms with Crippen LogP contribution in [0.2, 0.25) is 0 Å². The van der Waals surface area contributed by atoms with Gasteiger partial charge in [0.25, 0.3) is 0 Å². The van der Waals surface area contributed by atoms with Gasteiger partial charge in [-0.1, -0.05) is 53.4 Å². The molecular weight excluding hydrogens is 333 g/mol. The fraction of sp³-hybridized carbons (Fsp3) is 0. The SMILES string of the molecule is [Y].[c-]1nc2ccccc2cc1-c1[c-]cc2cccnc2c1. The number of pyridine rings is 2. The zero-order valence-electron chi connectivity index (χ0n) is 11.2. The number of benzene rings is 2. The Morgan fingerprint density at radius 2 is 1.67 bits per heavy atom. The monoisotopic (exact) mass is 343 g/mol. The third kappa shape index (κ3) is 2.74. The van der Waals surface area contributed by atoms with Gasteiger partial charge in [0.1, 0.15) is 0 Å². The minimum Gasteiger partial charge on any atom is -0.362 e. The van der Waals surface area contributed by atoms with Gasteiger partial charge in [0.2, 0.25) is 0 Å². The average molecular weight is 343 g/mol. The van der Waals surface area contributed by atoms with E-state index in [1.165, 1.54) is 0 Å². The van der Waals surface area contributed by atoms with Crippen molar-refractivity contribution in [2.45, 2.75) is 0 Å². The number of hydrogen-bond acceptors (Lipinski definition) is 2. The van der Waals surface area contributed by atoms with Crippen LogP contribution in [-0.2, 0) is 32.7 Å². The summed E-state index contributed by atoms with van der Waals surface area (Å²) in [4.78, 5) is 8.75. The second kappa shape index (κ2) is 6.01. The molecule has 2 heterocycles. The molecule has 1 radical (unpaired) electrons. The summed E-state index contributed by atoms with van der Waals surface area (Å²) < 4.78 is 0. The molecule has 4 rings (SSSR count). The molecule has 0 unspecified atom stereocenters. The maximum absolute atomic E-state index is 4.38. The van der Waals surface area contributed by atoms with E-state index in [-0.39, 0.29) is 32.7 Å². The molecule has 2 aromatic heterocycles. The molecule has 0 N–H and O–H groups in total. The molecule has 0 aliphatic rings. The number of fused-ring (bicyclic) bond motifs is 2. The first kappa shape index (κ1) is 14.3. The smallest absolute Gasteiger partial charge is 0.0247 e. The molecule has 3 heteroatoms. The van der Waals surface area contributed by atoms with Gasteiger partial charge >= 0.3 is 0 Å². The van der Waals surface area contributed by atoms with Crippen LogP contribution in [0.4, 0.5) is 0 Å². The molecule has 0 saturated carbocycles. The Balaban J connectivity index is 0.00000132. The van der Waals surface area contributed by atoms with Gasteiger partial charge in [-0.25, -0.2) is 11.1 Å². The quantitative estimate of drug-likeness (QED) is 0.488. The molecule has 21 heavy (non-hydrogen) atoms. The van der Waals surface area contributed by atoms with E-state index in [4.69, 9.17) is 0 Å². The van der Waals surface area contributed by atoms with E-state index in [1.54, 1.807) is 6.20 Å². The second-order valence-electron chi connectivity index (χ2n) is 4.66. The third-order valence-electron chi connectivity index (χ3n) is 3.36. The van der Waals surface area contributed by atoms with Crippen LogP contribution in [0.15, 0.2) is 60.8 Å². The Bertz CT molecular complexity index is 841. The number of hydrogen-bond donors (Lipinski definition) is 0. The maximum Gasteiger partial charge on any atom is 0.0247 e. The molecule has 0 bridgehead atoms. The number of rotatable bonds is 1. The van der Waals surface area contributed by atoms with Crippen molar-refractivity contribution in [2.24, 2.45) is 0 Å². The van der Waals surface area contributed by atoms with E-state index in [2.05, 4.69) is 34.4 Å². The molecule has 0 fully saturated rings. The summed E-state index contributed by atoms with van der Waals surface area (Å²) in [6, 6.07) is 21.4. The van der Waals surface area contributed by atoms with Crippen molar-refractivity contribution in [3.05, 3.63) is 73.1 Å². The molecule has 2 nitrogen and oxygen atoms in total. The summed E-state index contributed by atoms with van der Waals surface area (Å²) in [5, 5.41) is 2.20. The summed E-state index contributed by atoms with van der Waals surface area (Å²) in [5.41, 5.74) is 3.82. The predicted octanol–water partition coefficient (Wildman–Crippen LogP) is 4.05. The molecule has 0 amide bonds. The van der Waals surface area contributed by atoms with Crippen LogP contribution in [0.1, 0.15) is 0 Å². The van der Waals surface area contributed by atoms with E-state index >= 15 is 0 Å². The van der Waals surface area contributed by atoms with Crippen LogP contribution < -0.4 is 0 Å². The fourth-order valence-electron chi connectivity index (χ4n) is 2.32. The topological polar surface area (TPSA) is 25.8 Å². The van der Waals surface area contributed by atoms with Crippen LogP contribution >= 0.6 is 0 Å². The van der Waals surface area contributed by atoms with E-state index in [0.717, 1.165) is 32.9 Å². The van der Waals surface area contributed by atoms with Crippen molar-refractivity contribution in [1.29, 1.82) is 0 Å². The standard InChI is InChI=1S/C18H10N2.Y/c1-2-6-17-15(4-1)10-16(12-20-17)14-8-7-13-5-3-9-19-18(13)11-14;/h1-7,9-11H;/q-2;. The van der Waals surface area contributed by atoms with E-state index in [1.807, 2.05) is 42.5 Å². The zero-order chi connectivity index (χ0) is 13.4. The Morgan fingerprint density at radius 1 is 0.810 bits per heavy atom. The fourth-order valence-corrected chi connectivity index (χ4v) is 2.32. The Labute approximate surface area is 148 Å². The van der Waals surface area contributed by atoms with E-state index < -0.39 is 0 Å². The van der Waals surface area contributed by atoms with Crippen molar-refractivity contribution < 1.29 is 32.7 Å². The van der Waals surface area contributed by atoms with Crippen LogP contribution in [0.25, 0.3) is 32.9 Å². The molecule has 4 aromatic rings. The van der Waals surface area contributed by atoms with Crippen LogP contribution in [0.3, 0.4) is 0 Å². The van der Waals surface area contributed by atoms with Gasteiger partial charge < -0.3 is 4.98 Å². The second-order valence-corrected chi connectivity index (χ2v) is 4.66. The molecule has 0 aliphatic carbocycles. The van der Waals surface area contributed by atoms with Gasteiger partial charge in [-0.05, 0) is 11.0 Å². The van der Waals surface area contributed by atoms with Crippen LogP contribution in [0.5, 0.6) is 0 Å². The molecule has 0 atom stereocenters.